The van der Waals surface area contributed by atoms with Gasteiger partial charge in [0.2, 0.25) is 11.7 Å². The van der Waals surface area contributed by atoms with Crippen LogP contribution in [0.25, 0.3) is 0 Å². The van der Waals surface area contributed by atoms with Crippen molar-refractivity contribution < 1.29 is 23.8 Å². The third-order valence-corrected chi connectivity index (χ3v) is 4.42. The summed E-state index contributed by atoms with van der Waals surface area (Å²) in [4.78, 5) is 26.5. The Balaban J connectivity index is 2.03. The molecule has 7 nitrogen and oxygen atoms in total. The molecule has 0 unspecified atom stereocenters. The highest BCUT2D eigenvalue weighted by Crippen LogP contribution is 2.38. The first-order valence-electron chi connectivity index (χ1n) is 8.78. The molecule has 0 atom stereocenters. The minimum atomic E-state index is -0.406. The first-order valence-corrected chi connectivity index (χ1v) is 8.78. The number of nitrogens with zero attached hydrogens (tertiary/aromatic N) is 1. The smallest absolute Gasteiger partial charge is 0.251 e. The Bertz CT molecular complexity index is 825. The van der Waals surface area contributed by atoms with Crippen molar-refractivity contribution >= 4 is 11.8 Å². The van der Waals surface area contributed by atoms with Gasteiger partial charge in [-0.3, -0.25) is 9.59 Å². The number of carbonyl (C=O) groups is 2. The van der Waals surface area contributed by atoms with Crippen LogP contribution in [0.2, 0.25) is 0 Å². The standard InChI is InChI=1S/C21H26N2O5/c1-14-8-6-7-9-15(14)13-23(2)19(24)12-22-21(25)16-10-17(26-3)20(28-5)18(11-16)27-4/h6-11H,12-13H2,1-5H3,(H,22,25). The number of likely N-dealkylation sites (N-methyl/N-ethyl adjacent to an activating group) is 1. The Morgan fingerprint density at radius 3 is 2.14 bits per heavy atom. The highest BCUT2D eigenvalue weighted by Gasteiger charge is 2.18. The minimum absolute atomic E-state index is 0.113. The predicted molar refractivity (Wildman–Crippen MR) is 106 cm³/mol. The second kappa shape index (κ2) is 9.64. The largest absolute Gasteiger partial charge is 0.493 e. The van der Waals surface area contributed by atoms with E-state index in [2.05, 4.69) is 5.32 Å². The van der Waals surface area contributed by atoms with Gasteiger partial charge in [0.15, 0.2) is 11.5 Å². The van der Waals surface area contributed by atoms with Gasteiger partial charge in [-0.1, -0.05) is 24.3 Å². The molecule has 0 aliphatic rings. The first-order chi connectivity index (χ1) is 13.4. The molecule has 0 fully saturated rings. The Kier molecular flexibility index (Phi) is 7.26. The monoisotopic (exact) mass is 386 g/mol. The van der Waals surface area contributed by atoms with Crippen molar-refractivity contribution in [1.82, 2.24) is 10.2 Å². The van der Waals surface area contributed by atoms with Gasteiger partial charge in [0.25, 0.3) is 5.91 Å². The number of methoxy groups -OCH3 is 3. The summed E-state index contributed by atoms with van der Waals surface area (Å²) in [7, 11) is 6.15. The Labute approximate surface area is 165 Å². The van der Waals surface area contributed by atoms with Gasteiger partial charge in [-0.05, 0) is 30.2 Å². The third kappa shape index (κ3) is 4.94. The number of carbonyl (C=O) groups excluding carboxylic acids is 2. The van der Waals surface area contributed by atoms with Crippen molar-refractivity contribution in [2.75, 3.05) is 34.9 Å². The zero-order valence-corrected chi connectivity index (χ0v) is 16.9. The van der Waals surface area contributed by atoms with E-state index in [0.717, 1.165) is 11.1 Å². The van der Waals surface area contributed by atoms with Crippen molar-refractivity contribution in [1.29, 1.82) is 0 Å². The van der Waals surface area contributed by atoms with Gasteiger partial charge in [-0.2, -0.15) is 0 Å². The molecule has 28 heavy (non-hydrogen) atoms. The molecule has 2 aromatic carbocycles. The van der Waals surface area contributed by atoms with Gasteiger partial charge in [-0.15, -0.1) is 0 Å². The molecular formula is C21H26N2O5. The molecule has 2 amide bonds. The van der Waals surface area contributed by atoms with E-state index in [9.17, 15) is 9.59 Å². The Morgan fingerprint density at radius 2 is 1.61 bits per heavy atom. The normalized spacial score (nSPS) is 10.2. The summed E-state index contributed by atoms with van der Waals surface area (Å²) in [6.07, 6.45) is 0. The van der Waals surface area contributed by atoms with Crippen LogP contribution >= 0.6 is 0 Å². The number of rotatable bonds is 8. The van der Waals surface area contributed by atoms with Crippen molar-refractivity contribution in [3.63, 3.8) is 0 Å². The van der Waals surface area contributed by atoms with Crippen molar-refractivity contribution in [2.24, 2.45) is 0 Å². The van der Waals surface area contributed by atoms with E-state index in [1.54, 1.807) is 11.9 Å². The molecule has 0 aliphatic carbocycles. The van der Waals surface area contributed by atoms with E-state index in [1.807, 2.05) is 31.2 Å². The van der Waals surface area contributed by atoms with Gasteiger partial charge in [0.1, 0.15) is 0 Å². The Hall–Kier alpha value is -3.22. The lowest BCUT2D eigenvalue weighted by atomic mass is 10.1. The molecule has 1 N–H and O–H groups in total. The second-order valence-corrected chi connectivity index (χ2v) is 6.27. The predicted octanol–water partition coefficient (Wildman–Crippen LogP) is 2.41. The van der Waals surface area contributed by atoms with Crippen molar-refractivity contribution in [3.8, 4) is 17.2 Å². The maximum atomic E-state index is 12.5. The van der Waals surface area contributed by atoms with E-state index in [0.29, 0.717) is 29.4 Å². The first kappa shape index (κ1) is 21.1. The van der Waals surface area contributed by atoms with E-state index in [1.165, 1.54) is 33.5 Å². The topological polar surface area (TPSA) is 77.1 Å². The summed E-state index contributed by atoms with van der Waals surface area (Å²) in [6, 6.07) is 11.0. The number of hydrogen-bond acceptors (Lipinski definition) is 5. The lowest BCUT2D eigenvalue weighted by Gasteiger charge is -2.19. The summed E-state index contributed by atoms with van der Waals surface area (Å²) < 4.78 is 15.7. The maximum Gasteiger partial charge on any atom is 0.251 e. The zero-order valence-electron chi connectivity index (χ0n) is 16.9. The van der Waals surface area contributed by atoms with Gasteiger partial charge in [0.05, 0.1) is 27.9 Å². The molecule has 0 radical (unpaired) electrons. The summed E-state index contributed by atoms with van der Waals surface area (Å²) in [5, 5.41) is 2.64. The van der Waals surface area contributed by atoms with Gasteiger partial charge in [0, 0.05) is 19.2 Å². The molecule has 2 aromatic rings. The van der Waals surface area contributed by atoms with E-state index in [4.69, 9.17) is 14.2 Å². The lowest BCUT2D eigenvalue weighted by molar-refractivity contribution is -0.129. The average Bonchev–Trinajstić information content (AvgIpc) is 2.71. The highest BCUT2D eigenvalue weighted by atomic mass is 16.5. The zero-order chi connectivity index (χ0) is 20.7. The molecule has 0 saturated carbocycles. The average molecular weight is 386 g/mol. The fourth-order valence-corrected chi connectivity index (χ4v) is 2.74. The van der Waals surface area contributed by atoms with Crippen LogP contribution in [0, 0.1) is 6.92 Å². The van der Waals surface area contributed by atoms with E-state index in [-0.39, 0.29) is 12.5 Å². The number of hydrogen-bond donors (Lipinski definition) is 1. The molecule has 0 aliphatic heterocycles. The number of benzene rings is 2. The van der Waals surface area contributed by atoms with Gasteiger partial charge < -0.3 is 24.4 Å². The molecular weight excluding hydrogens is 360 g/mol. The highest BCUT2D eigenvalue weighted by molar-refractivity contribution is 5.97. The van der Waals surface area contributed by atoms with E-state index >= 15 is 0 Å². The fourth-order valence-electron chi connectivity index (χ4n) is 2.74. The minimum Gasteiger partial charge on any atom is -0.493 e. The fraction of sp³-hybridized carbons (Fsp3) is 0.333. The van der Waals surface area contributed by atoms with Crippen molar-refractivity contribution in [3.05, 3.63) is 53.1 Å². The van der Waals surface area contributed by atoms with Crippen LogP contribution in [0.3, 0.4) is 0 Å². The van der Waals surface area contributed by atoms with E-state index < -0.39 is 5.91 Å². The van der Waals surface area contributed by atoms with Gasteiger partial charge in [-0.25, -0.2) is 0 Å². The summed E-state index contributed by atoms with van der Waals surface area (Å²) in [5.41, 5.74) is 2.49. The van der Waals surface area contributed by atoms with Crippen LogP contribution in [-0.4, -0.2) is 51.6 Å². The quantitative estimate of drug-likeness (QED) is 0.754. The van der Waals surface area contributed by atoms with Crippen LogP contribution in [-0.2, 0) is 11.3 Å². The summed E-state index contributed by atoms with van der Waals surface area (Å²) >= 11 is 0. The molecule has 0 aromatic heterocycles. The SMILES string of the molecule is COc1cc(C(=O)NCC(=O)N(C)Cc2ccccc2C)cc(OC)c1OC. The van der Waals surface area contributed by atoms with Crippen molar-refractivity contribution in [2.45, 2.75) is 13.5 Å². The molecule has 0 bridgehead atoms. The molecule has 150 valence electrons. The molecule has 0 heterocycles. The van der Waals surface area contributed by atoms with Crippen LogP contribution in [0.1, 0.15) is 21.5 Å². The third-order valence-electron chi connectivity index (χ3n) is 4.42. The molecule has 0 saturated heterocycles. The van der Waals surface area contributed by atoms with Crippen LogP contribution in [0.15, 0.2) is 36.4 Å². The van der Waals surface area contributed by atoms with Crippen LogP contribution in [0.4, 0.5) is 0 Å². The number of nitrogens with one attached hydrogen (secondary N) is 1. The number of aryl methyl sites for hydroxylation is 1. The van der Waals surface area contributed by atoms with Crippen LogP contribution < -0.4 is 19.5 Å². The molecule has 0 spiro atoms. The molecule has 2 rings (SSSR count). The summed E-state index contributed by atoms with van der Waals surface area (Å²) in [5.74, 6) is 0.543. The van der Waals surface area contributed by atoms with Crippen LogP contribution in [0.5, 0.6) is 17.2 Å². The van der Waals surface area contributed by atoms with Gasteiger partial charge >= 0.3 is 0 Å². The maximum absolute atomic E-state index is 12.5. The second-order valence-electron chi connectivity index (χ2n) is 6.27. The summed E-state index contributed by atoms with van der Waals surface area (Å²) in [6.45, 7) is 2.36. The number of ether oxygens (including phenoxy) is 3. The lowest BCUT2D eigenvalue weighted by Crippen LogP contribution is -2.37. The number of amides is 2. The Morgan fingerprint density at radius 1 is 1.00 bits per heavy atom. The molecule has 7 heteroatoms.